The number of carbonyl (C=O) groups excluding carboxylic acids is 1. The van der Waals surface area contributed by atoms with Crippen molar-refractivity contribution in [1.29, 1.82) is 0 Å². The number of hydrogen-bond donors (Lipinski definition) is 1. The fourth-order valence-electron chi connectivity index (χ4n) is 3.54. The highest BCUT2D eigenvalue weighted by molar-refractivity contribution is 5.90. The normalized spacial score (nSPS) is 18.0. The van der Waals surface area contributed by atoms with Gasteiger partial charge >= 0.3 is 0 Å². The Morgan fingerprint density at radius 1 is 1.29 bits per heavy atom. The first-order chi connectivity index (χ1) is 11.5. The first kappa shape index (κ1) is 16.7. The molecule has 0 unspecified atom stereocenters. The Hall–Kier alpha value is -2.14. The molecule has 1 fully saturated rings. The van der Waals surface area contributed by atoms with Crippen molar-refractivity contribution in [3.05, 3.63) is 53.1 Å². The van der Waals surface area contributed by atoms with Gasteiger partial charge in [-0.05, 0) is 38.3 Å². The quantitative estimate of drug-likeness (QED) is 0.917. The molecule has 2 heterocycles. The van der Waals surface area contributed by atoms with Gasteiger partial charge in [0.25, 0.3) is 5.91 Å². The summed E-state index contributed by atoms with van der Waals surface area (Å²) < 4.78 is 1.75. The lowest BCUT2D eigenvalue weighted by atomic mass is 10.1. The molecule has 1 N–H and O–H groups in total. The molecule has 2 aromatic rings. The Labute approximate surface area is 143 Å². The molecular weight excluding hydrogens is 300 g/mol. The van der Waals surface area contributed by atoms with Crippen molar-refractivity contribution in [2.45, 2.75) is 26.8 Å². The number of hydrogen-bond acceptors (Lipinski definition) is 3. The van der Waals surface area contributed by atoms with Crippen molar-refractivity contribution in [3.63, 3.8) is 0 Å². The minimum Gasteiger partial charge on any atom is -0.349 e. The van der Waals surface area contributed by atoms with Crippen molar-refractivity contribution >= 4 is 5.91 Å². The zero-order chi connectivity index (χ0) is 17.1. The van der Waals surface area contributed by atoms with Crippen LogP contribution in [0.15, 0.2) is 30.6 Å². The Kier molecular flexibility index (Phi) is 5.00. The van der Waals surface area contributed by atoms with Gasteiger partial charge in [0.1, 0.15) is 0 Å². The number of aryl methyl sites for hydroxylation is 3. The number of benzene rings is 1. The van der Waals surface area contributed by atoms with E-state index < -0.39 is 0 Å². The first-order valence-electron chi connectivity index (χ1n) is 8.56. The van der Waals surface area contributed by atoms with Crippen LogP contribution in [-0.4, -0.2) is 40.0 Å². The molecular formula is C19H26N4O. The lowest BCUT2D eigenvalue weighted by Crippen LogP contribution is -2.32. The highest BCUT2D eigenvalue weighted by atomic mass is 16.2. The topological polar surface area (TPSA) is 50.2 Å². The van der Waals surface area contributed by atoms with Crippen molar-refractivity contribution in [1.82, 2.24) is 19.8 Å². The van der Waals surface area contributed by atoms with Gasteiger partial charge in [-0.3, -0.25) is 9.69 Å². The second-order valence-electron chi connectivity index (χ2n) is 6.96. The molecule has 128 valence electrons. The molecule has 24 heavy (non-hydrogen) atoms. The minimum absolute atomic E-state index is 0.0877. The molecule has 1 aliphatic rings. The Morgan fingerprint density at radius 3 is 2.71 bits per heavy atom. The number of aromatic nitrogens is 2. The van der Waals surface area contributed by atoms with E-state index in [0.29, 0.717) is 11.7 Å². The molecule has 0 bridgehead atoms. The molecule has 1 amide bonds. The van der Waals surface area contributed by atoms with Crippen LogP contribution in [0.3, 0.4) is 0 Å². The van der Waals surface area contributed by atoms with E-state index in [1.165, 1.54) is 16.7 Å². The summed E-state index contributed by atoms with van der Waals surface area (Å²) in [6, 6.07) is 6.75. The molecule has 0 saturated carbocycles. The Morgan fingerprint density at radius 2 is 2.04 bits per heavy atom. The average molecular weight is 326 g/mol. The molecule has 1 aliphatic heterocycles. The van der Waals surface area contributed by atoms with E-state index in [-0.39, 0.29) is 5.91 Å². The van der Waals surface area contributed by atoms with Crippen molar-refractivity contribution in [2.75, 3.05) is 19.6 Å². The highest BCUT2D eigenvalue weighted by Gasteiger charge is 2.23. The zero-order valence-electron chi connectivity index (χ0n) is 14.7. The summed E-state index contributed by atoms with van der Waals surface area (Å²) in [6.07, 6.45) is 4.57. The van der Waals surface area contributed by atoms with Crippen LogP contribution < -0.4 is 5.32 Å². The average Bonchev–Trinajstić information content (AvgIpc) is 3.13. The number of carbonyl (C=O) groups is 1. The zero-order valence-corrected chi connectivity index (χ0v) is 14.7. The summed E-state index contributed by atoms with van der Waals surface area (Å²) in [5.74, 6) is 0.899. The third kappa shape index (κ3) is 4.03. The number of rotatable bonds is 5. The summed E-state index contributed by atoms with van der Waals surface area (Å²) in [6.45, 7) is 8.14. The van der Waals surface area contributed by atoms with Crippen LogP contribution >= 0.6 is 0 Å². The summed E-state index contributed by atoms with van der Waals surface area (Å²) in [4.78, 5) is 18.7. The number of amides is 1. The Bertz CT molecular complexity index is 702. The van der Waals surface area contributed by atoms with Gasteiger partial charge in [0.05, 0.1) is 0 Å². The monoisotopic (exact) mass is 326 g/mol. The smallest absolute Gasteiger partial charge is 0.287 e. The number of likely N-dealkylation sites (tertiary alicyclic amines) is 1. The second-order valence-corrected chi connectivity index (χ2v) is 6.96. The van der Waals surface area contributed by atoms with Crippen LogP contribution in [0.1, 0.15) is 33.7 Å². The maximum Gasteiger partial charge on any atom is 0.287 e. The van der Waals surface area contributed by atoms with Crippen molar-refractivity contribution in [3.8, 4) is 0 Å². The van der Waals surface area contributed by atoms with Gasteiger partial charge in [-0.1, -0.05) is 29.3 Å². The van der Waals surface area contributed by atoms with Crippen LogP contribution in [0.2, 0.25) is 0 Å². The largest absolute Gasteiger partial charge is 0.349 e. The molecule has 0 radical (unpaired) electrons. The summed E-state index contributed by atoms with van der Waals surface area (Å²) in [5, 5.41) is 3.02. The van der Waals surface area contributed by atoms with Gasteiger partial charge in [0, 0.05) is 39.1 Å². The molecule has 1 saturated heterocycles. The van der Waals surface area contributed by atoms with Gasteiger partial charge in [-0.15, -0.1) is 0 Å². The van der Waals surface area contributed by atoms with Crippen LogP contribution in [0.4, 0.5) is 0 Å². The fourth-order valence-corrected chi connectivity index (χ4v) is 3.54. The third-order valence-electron chi connectivity index (χ3n) is 4.63. The number of nitrogens with zero attached hydrogens (tertiary/aromatic N) is 3. The highest BCUT2D eigenvalue weighted by Crippen LogP contribution is 2.19. The summed E-state index contributed by atoms with van der Waals surface area (Å²) in [7, 11) is 1.84. The molecule has 0 spiro atoms. The predicted octanol–water partition coefficient (Wildman–Crippen LogP) is 2.29. The SMILES string of the molecule is Cc1cc(C)cc(CN2CC[C@@H](CNC(=O)c3nccn3C)C2)c1. The fraction of sp³-hybridized carbons (Fsp3) is 0.474. The molecule has 0 aliphatic carbocycles. The third-order valence-corrected chi connectivity index (χ3v) is 4.63. The van der Waals surface area contributed by atoms with E-state index in [4.69, 9.17) is 0 Å². The van der Waals surface area contributed by atoms with Crippen LogP contribution in [0.5, 0.6) is 0 Å². The minimum atomic E-state index is -0.0877. The van der Waals surface area contributed by atoms with Crippen LogP contribution in [-0.2, 0) is 13.6 Å². The number of nitrogens with one attached hydrogen (secondary N) is 1. The van der Waals surface area contributed by atoms with Gasteiger partial charge in [0.15, 0.2) is 5.82 Å². The van der Waals surface area contributed by atoms with E-state index >= 15 is 0 Å². The maximum atomic E-state index is 12.1. The summed E-state index contributed by atoms with van der Waals surface area (Å²) >= 11 is 0. The van der Waals surface area contributed by atoms with Crippen LogP contribution in [0, 0.1) is 19.8 Å². The number of imidazole rings is 1. The van der Waals surface area contributed by atoms with Gasteiger partial charge in [-0.2, -0.15) is 0 Å². The van der Waals surface area contributed by atoms with E-state index in [1.807, 2.05) is 7.05 Å². The van der Waals surface area contributed by atoms with Crippen molar-refractivity contribution < 1.29 is 4.79 Å². The van der Waals surface area contributed by atoms with Gasteiger partial charge < -0.3 is 9.88 Å². The molecule has 1 aromatic heterocycles. The second kappa shape index (κ2) is 7.18. The molecule has 5 nitrogen and oxygen atoms in total. The van der Waals surface area contributed by atoms with Crippen molar-refractivity contribution in [2.24, 2.45) is 13.0 Å². The molecule has 1 atom stereocenters. The maximum absolute atomic E-state index is 12.1. The van der Waals surface area contributed by atoms with Gasteiger partial charge in [0.2, 0.25) is 0 Å². The van der Waals surface area contributed by atoms with Crippen LogP contribution in [0.25, 0.3) is 0 Å². The van der Waals surface area contributed by atoms with Gasteiger partial charge in [-0.25, -0.2) is 4.98 Å². The molecule has 1 aromatic carbocycles. The molecule has 3 rings (SSSR count). The van der Waals surface area contributed by atoms with E-state index in [9.17, 15) is 4.79 Å². The first-order valence-corrected chi connectivity index (χ1v) is 8.56. The lowest BCUT2D eigenvalue weighted by Gasteiger charge is -2.17. The van der Waals surface area contributed by atoms with E-state index in [1.54, 1.807) is 17.0 Å². The lowest BCUT2D eigenvalue weighted by molar-refractivity contribution is 0.0934. The Balaban J connectivity index is 1.49. The molecule has 5 heteroatoms. The summed E-state index contributed by atoms with van der Waals surface area (Å²) in [5.41, 5.74) is 4.02. The van der Waals surface area contributed by atoms with E-state index in [0.717, 1.165) is 32.6 Å². The standard InChI is InChI=1S/C19H26N4O/c1-14-8-15(2)10-17(9-14)13-23-6-4-16(12-23)11-21-19(24)18-20-5-7-22(18)3/h5,7-10,16H,4,6,11-13H2,1-3H3,(H,21,24)/t16-/m0/s1. The predicted molar refractivity (Wildman–Crippen MR) is 94.8 cm³/mol. The van der Waals surface area contributed by atoms with E-state index in [2.05, 4.69) is 47.2 Å².